The monoisotopic (exact) mass is 206 g/mol. The lowest BCUT2D eigenvalue weighted by atomic mass is 9.97. The Morgan fingerprint density at radius 1 is 1.36 bits per heavy atom. The lowest BCUT2D eigenvalue weighted by Crippen LogP contribution is -1.97. The van der Waals surface area contributed by atoms with E-state index in [1.807, 2.05) is 23.9 Å². The number of benzene rings is 1. The molecule has 1 aromatic rings. The quantitative estimate of drug-likeness (QED) is 0.692. The molecule has 74 valence electrons. The molecule has 2 rings (SSSR count). The molecule has 0 radical (unpaired) electrons. The van der Waals surface area contributed by atoms with Gasteiger partial charge in [-0.1, -0.05) is 24.3 Å². The molecule has 0 N–H and O–H groups in total. The molecule has 1 atom stereocenters. The number of Topliss-reactive ketones (excluding diaryl/α,β-unsaturated/α-hetero) is 1. The smallest absolute Gasteiger partial charge is 0.159 e. The van der Waals surface area contributed by atoms with Gasteiger partial charge >= 0.3 is 0 Å². The van der Waals surface area contributed by atoms with E-state index in [-0.39, 0.29) is 5.78 Å². The van der Waals surface area contributed by atoms with Gasteiger partial charge in [-0.2, -0.15) is 11.8 Å². The van der Waals surface area contributed by atoms with E-state index in [0.717, 1.165) is 5.56 Å². The molecule has 1 aliphatic rings. The topological polar surface area (TPSA) is 17.1 Å². The summed E-state index contributed by atoms with van der Waals surface area (Å²) < 4.78 is 0. The van der Waals surface area contributed by atoms with Crippen LogP contribution >= 0.6 is 11.8 Å². The summed E-state index contributed by atoms with van der Waals surface area (Å²) >= 11 is 2.02. The summed E-state index contributed by atoms with van der Waals surface area (Å²) in [6.45, 7) is 1.61. The third kappa shape index (κ3) is 2.01. The number of thioether (sulfide) groups is 1. The van der Waals surface area contributed by atoms with Crippen molar-refractivity contribution in [3.05, 3.63) is 35.4 Å². The van der Waals surface area contributed by atoms with Crippen molar-refractivity contribution in [2.45, 2.75) is 19.3 Å². The van der Waals surface area contributed by atoms with Crippen molar-refractivity contribution >= 4 is 17.5 Å². The van der Waals surface area contributed by atoms with Gasteiger partial charge < -0.3 is 0 Å². The Bertz CT molecular complexity index is 323. The molecule has 1 unspecified atom stereocenters. The van der Waals surface area contributed by atoms with Crippen molar-refractivity contribution in [1.82, 2.24) is 0 Å². The highest BCUT2D eigenvalue weighted by molar-refractivity contribution is 7.99. The Morgan fingerprint density at radius 3 is 2.57 bits per heavy atom. The van der Waals surface area contributed by atoms with Gasteiger partial charge in [-0.3, -0.25) is 4.79 Å². The van der Waals surface area contributed by atoms with Crippen LogP contribution in [0.15, 0.2) is 24.3 Å². The molecular weight excluding hydrogens is 192 g/mol. The molecule has 14 heavy (non-hydrogen) atoms. The van der Waals surface area contributed by atoms with E-state index in [1.165, 1.54) is 23.5 Å². The van der Waals surface area contributed by atoms with E-state index in [9.17, 15) is 4.79 Å². The van der Waals surface area contributed by atoms with Gasteiger partial charge in [0.2, 0.25) is 0 Å². The minimum atomic E-state index is 0.150. The standard InChI is InChI=1S/C12H14OS/c1-9(13)10-2-4-11(5-3-10)12-6-7-14-8-12/h2-5,12H,6-8H2,1H3. The molecule has 1 nitrogen and oxygen atoms in total. The predicted molar refractivity (Wildman–Crippen MR) is 61.1 cm³/mol. The molecule has 0 aromatic heterocycles. The fourth-order valence-corrected chi connectivity index (χ4v) is 3.05. The maximum atomic E-state index is 11.1. The molecule has 0 spiro atoms. The minimum absolute atomic E-state index is 0.150. The van der Waals surface area contributed by atoms with Crippen LogP contribution in [0.2, 0.25) is 0 Å². The molecule has 0 aliphatic carbocycles. The van der Waals surface area contributed by atoms with E-state index in [1.54, 1.807) is 6.92 Å². The van der Waals surface area contributed by atoms with Gasteiger partial charge in [0, 0.05) is 11.3 Å². The largest absolute Gasteiger partial charge is 0.295 e. The zero-order chi connectivity index (χ0) is 9.97. The molecule has 2 heteroatoms. The highest BCUT2D eigenvalue weighted by Gasteiger charge is 2.17. The van der Waals surface area contributed by atoms with Crippen LogP contribution in [-0.2, 0) is 0 Å². The van der Waals surface area contributed by atoms with Crippen molar-refractivity contribution in [3.8, 4) is 0 Å². The fraction of sp³-hybridized carbons (Fsp3) is 0.417. The van der Waals surface area contributed by atoms with Crippen LogP contribution < -0.4 is 0 Å². The van der Waals surface area contributed by atoms with Crippen molar-refractivity contribution in [2.75, 3.05) is 11.5 Å². The first-order valence-electron chi connectivity index (χ1n) is 4.96. The number of rotatable bonds is 2. The second-order valence-electron chi connectivity index (χ2n) is 3.74. The zero-order valence-electron chi connectivity index (χ0n) is 8.32. The molecule has 0 bridgehead atoms. The Labute approximate surface area is 88.9 Å². The highest BCUT2D eigenvalue weighted by atomic mass is 32.2. The Balaban J connectivity index is 2.16. The summed E-state index contributed by atoms with van der Waals surface area (Å²) in [7, 11) is 0. The third-order valence-electron chi connectivity index (χ3n) is 2.72. The van der Waals surface area contributed by atoms with Crippen LogP contribution in [0, 0.1) is 0 Å². The Kier molecular flexibility index (Phi) is 2.92. The van der Waals surface area contributed by atoms with Gasteiger partial charge in [-0.25, -0.2) is 0 Å². The van der Waals surface area contributed by atoms with E-state index in [2.05, 4.69) is 12.1 Å². The molecule has 1 heterocycles. The molecular formula is C12H14OS. The number of hydrogen-bond acceptors (Lipinski definition) is 2. The summed E-state index contributed by atoms with van der Waals surface area (Å²) in [6.07, 6.45) is 1.28. The summed E-state index contributed by atoms with van der Waals surface area (Å²) in [5.74, 6) is 3.37. The molecule has 0 saturated carbocycles. The maximum Gasteiger partial charge on any atom is 0.159 e. The number of carbonyl (C=O) groups excluding carboxylic acids is 1. The first-order chi connectivity index (χ1) is 6.77. The zero-order valence-corrected chi connectivity index (χ0v) is 9.14. The first kappa shape index (κ1) is 9.78. The average molecular weight is 206 g/mol. The van der Waals surface area contributed by atoms with Crippen molar-refractivity contribution < 1.29 is 4.79 Å². The number of ketones is 1. The second kappa shape index (κ2) is 4.18. The molecule has 0 amide bonds. The van der Waals surface area contributed by atoms with E-state index in [0.29, 0.717) is 5.92 Å². The van der Waals surface area contributed by atoms with E-state index >= 15 is 0 Å². The van der Waals surface area contributed by atoms with Gasteiger partial charge in [0.25, 0.3) is 0 Å². The van der Waals surface area contributed by atoms with Crippen molar-refractivity contribution in [1.29, 1.82) is 0 Å². The third-order valence-corrected chi connectivity index (χ3v) is 3.88. The number of carbonyl (C=O) groups is 1. The minimum Gasteiger partial charge on any atom is -0.295 e. The van der Waals surface area contributed by atoms with Crippen LogP contribution in [0.3, 0.4) is 0 Å². The van der Waals surface area contributed by atoms with Crippen LogP contribution in [0.25, 0.3) is 0 Å². The predicted octanol–water partition coefficient (Wildman–Crippen LogP) is 3.11. The summed E-state index contributed by atoms with van der Waals surface area (Å²) in [4.78, 5) is 11.1. The molecule has 1 fully saturated rings. The summed E-state index contributed by atoms with van der Waals surface area (Å²) in [6, 6.07) is 8.10. The Hall–Kier alpha value is -0.760. The van der Waals surface area contributed by atoms with Crippen LogP contribution in [0.4, 0.5) is 0 Å². The fourth-order valence-electron chi connectivity index (χ4n) is 1.79. The maximum absolute atomic E-state index is 11.1. The van der Waals surface area contributed by atoms with Gasteiger partial charge in [0.15, 0.2) is 5.78 Å². The molecule has 1 saturated heterocycles. The van der Waals surface area contributed by atoms with E-state index in [4.69, 9.17) is 0 Å². The average Bonchev–Trinajstić information content (AvgIpc) is 2.71. The van der Waals surface area contributed by atoms with Gasteiger partial charge in [-0.15, -0.1) is 0 Å². The second-order valence-corrected chi connectivity index (χ2v) is 4.89. The Morgan fingerprint density at radius 2 is 2.07 bits per heavy atom. The van der Waals surface area contributed by atoms with Gasteiger partial charge in [0.05, 0.1) is 0 Å². The van der Waals surface area contributed by atoms with Crippen molar-refractivity contribution in [3.63, 3.8) is 0 Å². The first-order valence-corrected chi connectivity index (χ1v) is 6.11. The molecule has 1 aliphatic heterocycles. The van der Waals surface area contributed by atoms with Crippen LogP contribution in [0.5, 0.6) is 0 Å². The van der Waals surface area contributed by atoms with Crippen LogP contribution in [0.1, 0.15) is 35.2 Å². The highest BCUT2D eigenvalue weighted by Crippen LogP contribution is 2.32. The number of hydrogen-bond donors (Lipinski definition) is 0. The molecule has 1 aromatic carbocycles. The summed E-state index contributed by atoms with van der Waals surface area (Å²) in [5, 5.41) is 0. The van der Waals surface area contributed by atoms with E-state index < -0.39 is 0 Å². The SMILES string of the molecule is CC(=O)c1ccc(C2CCSC2)cc1. The van der Waals surface area contributed by atoms with Gasteiger partial charge in [0.1, 0.15) is 0 Å². The van der Waals surface area contributed by atoms with Gasteiger partial charge in [-0.05, 0) is 30.6 Å². The van der Waals surface area contributed by atoms with Crippen LogP contribution in [-0.4, -0.2) is 17.3 Å². The normalized spacial score (nSPS) is 21.1. The van der Waals surface area contributed by atoms with Crippen molar-refractivity contribution in [2.24, 2.45) is 0 Å². The lowest BCUT2D eigenvalue weighted by Gasteiger charge is -2.08. The summed E-state index contributed by atoms with van der Waals surface area (Å²) in [5.41, 5.74) is 2.21. The lowest BCUT2D eigenvalue weighted by molar-refractivity contribution is 0.101.